The van der Waals surface area contributed by atoms with Crippen LogP contribution in [-0.2, 0) is 12.8 Å². The number of unbranched alkanes of at least 4 members (excludes halogenated alkanes) is 2. The number of halogens is 2. The Balaban J connectivity index is 1.33. The Labute approximate surface area is 234 Å². The minimum Gasteiger partial charge on any atom is -0.349 e. The minimum absolute atomic E-state index is 0.0225. The Bertz CT molecular complexity index is 1120. The molecule has 39 heavy (non-hydrogen) atoms. The number of hydrogen-bond donors (Lipinski definition) is 2. The minimum atomic E-state index is -0.700. The Hall–Kier alpha value is -3.78. The second-order valence-electron chi connectivity index (χ2n) is 9.23. The van der Waals surface area contributed by atoms with Gasteiger partial charge < -0.3 is 20.4 Å². The summed E-state index contributed by atoms with van der Waals surface area (Å²) in [5, 5.41) is 34.7. The van der Waals surface area contributed by atoms with E-state index in [1.807, 2.05) is 21.9 Å². The van der Waals surface area contributed by atoms with Crippen molar-refractivity contribution in [3.63, 3.8) is 0 Å². The van der Waals surface area contributed by atoms with Crippen LogP contribution in [0.25, 0.3) is 0 Å². The molecule has 0 aromatic carbocycles. The molecule has 2 fully saturated rings. The predicted octanol–water partition coefficient (Wildman–Crippen LogP) is 2.38. The molecule has 4 heterocycles. The number of nitrogens with one attached hydrogen (secondary N) is 2. The number of nitro groups is 2. The maximum atomic E-state index is 11.1. The van der Waals surface area contributed by atoms with Crippen LogP contribution in [0, 0.1) is 20.2 Å². The van der Waals surface area contributed by atoms with Gasteiger partial charge in [0.05, 0.1) is 12.1 Å². The molecule has 2 aromatic rings. The molecule has 0 amide bonds. The van der Waals surface area contributed by atoms with E-state index in [1.54, 1.807) is 24.5 Å². The maximum absolute atomic E-state index is 11.1. The standard InChI is InChI=1S/C23H28Cl2N10O4/c24-20-6-4-16(12-26-20)10-18-14-28-22(30-34(36)37)32(18)8-2-1-3-9-33-19(15-29-23(33)31-35(38)39)11-17-5-7-21(25)27-13-17/h4-7,12-13,18-19H,1-3,8-11,14-15H2,(H,28,30)(H,29,31). The highest BCUT2D eigenvalue weighted by Crippen LogP contribution is 2.18. The molecule has 0 bridgehead atoms. The molecule has 0 radical (unpaired) electrons. The normalized spacial score (nSPS) is 20.9. The van der Waals surface area contributed by atoms with E-state index in [-0.39, 0.29) is 24.0 Å². The monoisotopic (exact) mass is 578 g/mol. The molecule has 16 heteroatoms. The number of guanidine groups is 2. The van der Waals surface area contributed by atoms with Crippen molar-refractivity contribution in [2.24, 2.45) is 10.2 Å². The molecule has 2 aromatic heterocycles. The summed E-state index contributed by atoms with van der Waals surface area (Å²) in [7, 11) is 0. The van der Waals surface area contributed by atoms with E-state index in [2.05, 4.69) is 30.8 Å². The van der Waals surface area contributed by atoms with Crippen LogP contribution in [0.1, 0.15) is 30.4 Å². The molecular formula is C23H28Cl2N10O4. The molecule has 0 saturated carbocycles. The van der Waals surface area contributed by atoms with Gasteiger partial charge in [0.15, 0.2) is 10.1 Å². The van der Waals surface area contributed by atoms with Gasteiger partial charge in [0.1, 0.15) is 20.5 Å². The van der Waals surface area contributed by atoms with Crippen molar-refractivity contribution in [2.75, 3.05) is 26.2 Å². The zero-order chi connectivity index (χ0) is 27.8. The summed E-state index contributed by atoms with van der Waals surface area (Å²) >= 11 is 11.8. The lowest BCUT2D eigenvalue weighted by Gasteiger charge is -2.25. The largest absolute Gasteiger partial charge is 0.349 e. The van der Waals surface area contributed by atoms with Gasteiger partial charge in [0, 0.05) is 38.6 Å². The highest BCUT2D eigenvalue weighted by Gasteiger charge is 2.33. The van der Waals surface area contributed by atoms with E-state index in [0.717, 1.165) is 30.4 Å². The molecule has 208 valence electrons. The van der Waals surface area contributed by atoms with Gasteiger partial charge in [-0.25, -0.2) is 30.2 Å². The van der Waals surface area contributed by atoms with Crippen molar-refractivity contribution in [1.29, 1.82) is 0 Å². The van der Waals surface area contributed by atoms with Crippen molar-refractivity contribution in [2.45, 2.75) is 44.2 Å². The number of hydrogen-bond acceptors (Lipinski definition) is 6. The Kier molecular flexibility index (Phi) is 9.65. The summed E-state index contributed by atoms with van der Waals surface area (Å²) in [5.74, 6) is 0.486. The van der Waals surface area contributed by atoms with E-state index >= 15 is 0 Å². The van der Waals surface area contributed by atoms with Gasteiger partial charge in [0.25, 0.3) is 11.9 Å². The van der Waals surface area contributed by atoms with Crippen LogP contribution in [-0.4, -0.2) is 80.0 Å². The first-order valence-electron chi connectivity index (χ1n) is 12.5. The molecule has 2 aliphatic heterocycles. The number of hydrazone groups is 2. The van der Waals surface area contributed by atoms with Crippen molar-refractivity contribution < 1.29 is 10.1 Å². The third kappa shape index (κ3) is 8.10. The highest BCUT2D eigenvalue weighted by atomic mass is 35.5. The van der Waals surface area contributed by atoms with Crippen molar-refractivity contribution in [3.8, 4) is 0 Å². The number of aromatic nitrogens is 2. The van der Waals surface area contributed by atoms with Crippen LogP contribution in [0.3, 0.4) is 0 Å². The predicted molar refractivity (Wildman–Crippen MR) is 146 cm³/mol. The molecule has 2 atom stereocenters. The molecule has 0 spiro atoms. The molecule has 2 saturated heterocycles. The van der Waals surface area contributed by atoms with E-state index < -0.39 is 10.1 Å². The zero-order valence-corrected chi connectivity index (χ0v) is 22.5. The molecule has 2 unspecified atom stereocenters. The molecule has 4 rings (SSSR count). The van der Waals surface area contributed by atoms with Gasteiger partial charge in [-0.3, -0.25) is 0 Å². The van der Waals surface area contributed by atoms with E-state index in [0.29, 0.717) is 49.3 Å². The van der Waals surface area contributed by atoms with E-state index in [4.69, 9.17) is 23.2 Å². The summed E-state index contributed by atoms with van der Waals surface area (Å²) in [5.41, 5.74) is 1.94. The Morgan fingerprint density at radius 3 is 1.59 bits per heavy atom. The second-order valence-corrected chi connectivity index (χ2v) is 10.0. The van der Waals surface area contributed by atoms with Crippen LogP contribution in [0.15, 0.2) is 46.9 Å². The first-order valence-corrected chi connectivity index (χ1v) is 13.2. The molecule has 2 aliphatic rings. The number of rotatable bonds is 12. The lowest BCUT2D eigenvalue weighted by molar-refractivity contribution is -0.485. The van der Waals surface area contributed by atoms with Crippen LogP contribution in [0.2, 0.25) is 10.3 Å². The summed E-state index contributed by atoms with van der Waals surface area (Å²) in [6.45, 7) is 2.19. The molecular weight excluding hydrogens is 551 g/mol. The number of nitrogens with zero attached hydrogens (tertiary/aromatic N) is 8. The molecule has 14 nitrogen and oxygen atoms in total. The van der Waals surface area contributed by atoms with Crippen molar-refractivity contribution in [1.82, 2.24) is 30.4 Å². The topological polar surface area (TPSA) is 167 Å². The van der Waals surface area contributed by atoms with Gasteiger partial charge in [0.2, 0.25) is 0 Å². The van der Waals surface area contributed by atoms with Gasteiger partial charge in [-0.2, -0.15) is 0 Å². The van der Waals surface area contributed by atoms with Crippen molar-refractivity contribution >= 4 is 35.1 Å². The van der Waals surface area contributed by atoms with Crippen molar-refractivity contribution in [3.05, 3.63) is 78.3 Å². The lowest BCUT2D eigenvalue weighted by atomic mass is 10.1. The zero-order valence-electron chi connectivity index (χ0n) is 20.9. The van der Waals surface area contributed by atoms with Crippen LogP contribution < -0.4 is 10.6 Å². The quantitative estimate of drug-likeness (QED) is 0.165. The first-order chi connectivity index (χ1) is 18.8. The second kappa shape index (κ2) is 13.3. The van der Waals surface area contributed by atoms with Gasteiger partial charge in [-0.1, -0.05) is 35.3 Å². The van der Waals surface area contributed by atoms with Crippen LogP contribution >= 0.6 is 23.2 Å². The maximum Gasteiger partial charge on any atom is 0.271 e. The lowest BCUT2D eigenvalue weighted by Crippen LogP contribution is -2.38. The third-order valence-electron chi connectivity index (χ3n) is 6.59. The summed E-state index contributed by atoms with van der Waals surface area (Å²) < 4.78 is 0. The van der Waals surface area contributed by atoms with Crippen LogP contribution in [0.4, 0.5) is 0 Å². The third-order valence-corrected chi connectivity index (χ3v) is 7.04. The number of pyridine rings is 2. The van der Waals surface area contributed by atoms with E-state index in [1.165, 1.54) is 0 Å². The average Bonchev–Trinajstić information content (AvgIpc) is 3.44. The van der Waals surface area contributed by atoms with Crippen LogP contribution in [0.5, 0.6) is 0 Å². The molecule has 2 N–H and O–H groups in total. The highest BCUT2D eigenvalue weighted by molar-refractivity contribution is 6.29. The summed E-state index contributed by atoms with van der Waals surface area (Å²) in [6.07, 6.45) is 6.98. The summed E-state index contributed by atoms with van der Waals surface area (Å²) in [6, 6.07) is 7.17. The smallest absolute Gasteiger partial charge is 0.271 e. The molecule has 0 aliphatic carbocycles. The van der Waals surface area contributed by atoms with Gasteiger partial charge >= 0.3 is 0 Å². The SMILES string of the molecule is O=[N+]([O-])N=C1NCC(Cc2ccc(Cl)nc2)N1CCCCCN1C(=N[N+](=O)[O-])NCC1Cc1ccc(Cl)nc1. The first kappa shape index (κ1) is 28.2. The fourth-order valence-electron chi connectivity index (χ4n) is 4.81. The Morgan fingerprint density at radius 2 is 1.23 bits per heavy atom. The fraction of sp³-hybridized carbons (Fsp3) is 0.478. The summed E-state index contributed by atoms with van der Waals surface area (Å²) in [4.78, 5) is 34.2. The van der Waals surface area contributed by atoms with Gasteiger partial charge in [-0.15, -0.1) is 0 Å². The van der Waals surface area contributed by atoms with Gasteiger partial charge in [-0.05, 0) is 55.4 Å². The average molecular weight is 579 g/mol. The van der Waals surface area contributed by atoms with E-state index in [9.17, 15) is 20.2 Å². The Morgan fingerprint density at radius 1 is 0.795 bits per heavy atom. The fourth-order valence-corrected chi connectivity index (χ4v) is 5.03.